The summed E-state index contributed by atoms with van der Waals surface area (Å²) in [5.74, 6) is -0.0811. The molecule has 186 valence electrons. The summed E-state index contributed by atoms with van der Waals surface area (Å²) in [7, 11) is 0. The highest BCUT2D eigenvalue weighted by molar-refractivity contribution is 6.10. The SMILES string of the molecule is O=C1C[C@@](CC(=O)N2CCCC[C@@H]2CCO)(c2ccccc2)C(=O)N1CCCOc1cccnc1. The van der Waals surface area contributed by atoms with Crippen molar-refractivity contribution in [2.45, 2.75) is 56.4 Å². The third kappa shape index (κ3) is 5.53. The van der Waals surface area contributed by atoms with Crippen molar-refractivity contribution in [2.24, 2.45) is 0 Å². The largest absolute Gasteiger partial charge is 0.492 e. The third-order valence-electron chi connectivity index (χ3n) is 7.03. The maximum Gasteiger partial charge on any atom is 0.240 e. The Balaban J connectivity index is 1.49. The minimum atomic E-state index is -1.21. The van der Waals surface area contributed by atoms with E-state index in [4.69, 9.17) is 4.74 Å². The molecular weight excluding hydrogens is 446 g/mol. The molecule has 35 heavy (non-hydrogen) atoms. The van der Waals surface area contributed by atoms with Crippen molar-refractivity contribution in [3.8, 4) is 5.75 Å². The Morgan fingerprint density at radius 1 is 1.14 bits per heavy atom. The minimum Gasteiger partial charge on any atom is -0.492 e. The van der Waals surface area contributed by atoms with Crippen molar-refractivity contribution >= 4 is 17.7 Å². The molecule has 3 amide bonds. The van der Waals surface area contributed by atoms with Gasteiger partial charge in [0, 0.05) is 44.8 Å². The Labute approximate surface area is 205 Å². The average molecular weight is 480 g/mol. The molecule has 0 unspecified atom stereocenters. The van der Waals surface area contributed by atoms with Gasteiger partial charge in [-0.15, -0.1) is 0 Å². The Morgan fingerprint density at radius 3 is 2.71 bits per heavy atom. The van der Waals surface area contributed by atoms with Gasteiger partial charge in [-0.25, -0.2) is 0 Å². The van der Waals surface area contributed by atoms with Crippen molar-refractivity contribution in [1.82, 2.24) is 14.8 Å². The monoisotopic (exact) mass is 479 g/mol. The molecule has 4 rings (SSSR count). The van der Waals surface area contributed by atoms with Crippen LogP contribution in [0.3, 0.4) is 0 Å². The topological polar surface area (TPSA) is 100 Å². The van der Waals surface area contributed by atoms with E-state index in [0.29, 0.717) is 37.3 Å². The molecule has 2 atom stereocenters. The summed E-state index contributed by atoms with van der Waals surface area (Å²) >= 11 is 0. The quantitative estimate of drug-likeness (QED) is 0.416. The van der Waals surface area contributed by atoms with Crippen LogP contribution in [0.15, 0.2) is 54.9 Å². The first-order chi connectivity index (χ1) is 17.0. The van der Waals surface area contributed by atoms with Crippen LogP contribution in [0.2, 0.25) is 0 Å². The van der Waals surface area contributed by atoms with E-state index < -0.39 is 5.41 Å². The van der Waals surface area contributed by atoms with Crippen molar-refractivity contribution in [3.05, 3.63) is 60.4 Å². The molecule has 2 aliphatic heterocycles. The zero-order chi connectivity index (χ0) is 24.7. The average Bonchev–Trinajstić information content (AvgIpc) is 3.13. The number of carbonyl (C=O) groups excluding carboxylic acids is 3. The zero-order valence-corrected chi connectivity index (χ0v) is 20.0. The molecule has 3 heterocycles. The van der Waals surface area contributed by atoms with Crippen LogP contribution in [-0.2, 0) is 19.8 Å². The lowest BCUT2D eigenvalue weighted by atomic mass is 9.75. The van der Waals surface area contributed by atoms with Crippen LogP contribution in [0.5, 0.6) is 5.75 Å². The minimum absolute atomic E-state index is 0.0184. The van der Waals surface area contributed by atoms with E-state index in [2.05, 4.69) is 4.98 Å². The summed E-state index contributed by atoms with van der Waals surface area (Å²) in [4.78, 5) is 47.5. The summed E-state index contributed by atoms with van der Waals surface area (Å²) in [6, 6.07) is 12.7. The number of pyridine rings is 1. The molecular formula is C27H33N3O5. The lowest BCUT2D eigenvalue weighted by Crippen LogP contribution is -2.48. The van der Waals surface area contributed by atoms with Gasteiger partial charge in [-0.3, -0.25) is 24.3 Å². The lowest BCUT2D eigenvalue weighted by molar-refractivity contribution is -0.144. The number of hydrogen-bond donors (Lipinski definition) is 1. The maximum absolute atomic E-state index is 13.8. The normalized spacial score (nSPS) is 22.5. The van der Waals surface area contributed by atoms with Crippen LogP contribution in [0.25, 0.3) is 0 Å². The number of benzene rings is 1. The van der Waals surface area contributed by atoms with Gasteiger partial charge in [-0.05, 0) is 49.8 Å². The van der Waals surface area contributed by atoms with Gasteiger partial charge in [0.05, 0.1) is 18.2 Å². The second-order valence-electron chi connectivity index (χ2n) is 9.29. The molecule has 1 aromatic carbocycles. The summed E-state index contributed by atoms with van der Waals surface area (Å²) in [6.45, 7) is 1.21. The first-order valence-electron chi connectivity index (χ1n) is 12.4. The molecule has 8 heteroatoms. The predicted molar refractivity (Wildman–Crippen MR) is 129 cm³/mol. The number of aliphatic hydroxyl groups is 1. The highest BCUT2D eigenvalue weighted by Gasteiger charge is 2.54. The predicted octanol–water partition coefficient (Wildman–Crippen LogP) is 2.70. The number of nitrogens with zero attached hydrogens (tertiary/aromatic N) is 3. The second kappa shape index (κ2) is 11.4. The smallest absolute Gasteiger partial charge is 0.240 e. The molecule has 8 nitrogen and oxygen atoms in total. The molecule has 1 aromatic heterocycles. The standard InChI is InChI=1S/C27H33N3O5/c31-16-12-22-10-4-5-14-29(22)24(32)18-27(21-8-2-1-3-9-21)19-25(33)30(26(27)34)15-7-17-35-23-11-6-13-28-20-23/h1-3,6,8-9,11,13,20,22,31H,4-5,7,10,12,14-19H2/t22-,27+/m1/s1. The van der Waals surface area contributed by atoms with E-state index in [1.807, 2.05) is 35.2 Å². The molecule has 0 saturated carbocycles. The number of likely N-dealkylation sites (tertiary alicyclic amines) is 2. The van der Waals surface area contributed by atoms with E-state index >= 15 is 0 Å². The van der Waals surface area contributed by atoms with Gasteiger partial charge < -0.3 is 14.7 Å². The first kappa shape index (κ1) is 24.9. The molecule has 2 fully saturated rings. The van der Waals surface area contributed by atoms with Crippen LogP contribution in [0.1, 0.15) is 50.5 Å². The first-order valence-corrected chi connectivity index (χ1v) is 12.4. The Bertz CT molecular complexity index is 1010. The molecule has 0 bridgehead atoms. The number of hydrogen-bond acceptors (Lipinski definition) is 6. The molecule has 0 radical (unpaired) electrons. The van der Waals surface area contributed by atoms with Crippen LogP contribution in [0, 0.1) is 0 Å². The number of amides is 3. The van der Waals surface area contributed by atoms with Crippen LogP contribution < -0.4 is 4.74 Å². The van der Waals surface area contributed by atoms with Gasteiger partial charge >= 0.3 is 0 Å². The second-order valence-corrected chi connectivity index (χ2v) is 9.29. The fourth-order valence-electron chi connectivity index (χ4n) is 5.23. The summed E-state index contributed by atoms with van der Waals surface area (Å²) in [5.41, 5.74) is -0.516. The highest BCUT2D eigenvalue weighted by Crippen LogP contribution is 2.41. The molecule has 2 aromatic rings. The molecule has 1 N–H and O–H groups in total. The number of ether oxygens (including phenoxy) is 1. The van der Waals surface area contributed by atoms with E-state index in [1.165, 1.54) is 4.90 Å². The Hall–Kier alpha value is -3.26. The number of imide groups is 1. The fourth-order valence-corrected chi connectivity index (χ4v) is 5.23. The van der Waals surface area contributed by atoms with Gasteiger partial charge in [-0.2, -0.15) is 0 Å². The van der Waals surface area contributed by atoms with Crippen molar-refractivity contribution in [2.75, 3.05) is 26.3 Å². The zero-order valence-electron chi connectivity index (χ0n) is 20.0. The summed E-state index contributed by atoms with van der Waals surface area (Å²) in [5, 5.41) is 9.46. The van der Waals surface area contributed by atoms with Crippen LogP contribution in [-0.4, -0.2) is 70.0 Å². The Kier molecular flexibility index (Phi) is 8.13. The number of aliphatic hydroxyl groups excluding tert-OH is 1. The summed E-state index contributed by atoms with van der Waals surface area (Å²) < 4.78 is 5.66. The maximum atomic E-state index is 13.8. The van der Waals surface area contributed by atoms with Crippen molar-refractivity contribution < 1.29 is 24.2 Å². The molecule has 2 aliphatic rings. The van der Waals surface area contributed by atoms with Crippen molar-refractivity contribution in [1.29, 1.82) is 0 Å². The number of aromatic nitrogens is 1. The van der Waals surface area contributed by atoms with Crippen LogP contribution in [0.4, 0.5) is 0 Å². The molecule has 0 aliphatic carbocycles. The van der Waals surface area contributed by atoms with Gasteiger partial charge in [0.1, 0.15) is 5.75 Å². The third-order valence-corrected chi connectivity index (χ3v) is 7.03. The number of piperidine rings is 1. The summed E-state index contributed by atoms with van der Waals surface area (Å²) in [6.07, 6.45) is 6.98. The lowest BCUT2D eigenvalue weighted by Gasteiger charge is -2.38. The fraction of sp³-hybridized carbons (Fsp3) is 0.481. The van der Waals surface area contributed by atoms with E-state index in [1.54, 1.807) is 24.5 Å². The van der Waals surface area contributed by atoms with Crippen LogP contribution >= 0.6 is 0 Å². The molecule has 2 saturated heterocycles. The van der Waals surface area contributed by atoms with E-state index in [-0.39, 0.29) is 49.8 Å². The number of rotatable bonds is 10. The van der Waals surface area contributed by atoms with Gasteiger partial charge in [0.25, 0.3) is 0 Å². The number of carbonyl (C=O) groups is 3. The van der Waals surface area contributed by atoms with Gasteiger partial charge in [-0.1, -0.05) is 30.3 Å². The van der Waals surface area contributed by atoms with E-state index in [9.17, 15) is 19.5 Å². The van der Waals surface area contributed by atoms with E-state index in [0.717, 1.165) is 19.3 Å². The van der Waals surface area contributed by atoms with Crippen molar-refractivity contribution in [3.63, 3.8) is 0 Å². The van der Waals surface area contributed by atoms with Gasteiger partial charge in [0.15, 0.2) is 0 Å². The Morgan fingerprint density at radius 2 is 1.97 bits per heavy atom. The molecule has 0 spiro atoms. The highest BCUT2D eigenvalue weighted by atomic mass is 16.5. The van der Waals surface area contributed by atoms with Gasteiger partial charge in [0.2, 0.25) is 17.7 Å².